The van der Waals surface area contributed by atoms with Gasteiger partial charge in [0.15, 0.2) is 4.77 Å². The molecular formula is C10H20N4S. The first kappa shape index (κ1) is 12.2. The van der Waals surface area contributed by atoms with Gasteiger partial charge >= 0.3 is 0 Å². The number of aromatic nitrogens is 3. The number of nitrogens with zero attached hydrogens (tertiary/aromatic N) is 3. The lowest BCUT2D eigenvalue weighted by Crippen LogP contribution is -2.23. The minimum atomic E-state index is 0.343. The van der Waals surface area contributed by atoms with E-state index in [1.54, 1.807) is 0 Å². The Bertz CT molecular complexity index is 353. The van der Waals surface area contributed by atoms with Gasteiger partial charge in [-0.05, 0) is 32.5 Å². The maximum absolute atomic E-state index is 5.20. The number of aromatic amines is 1. The molecule has 86 valence electrons. The van der Waals surface area contributed by atoms with Crippen LogP contribution >= 0.6 is 12.2 Å². The van der Waals surface area contributed by atoms with Crippen LogP contribution in [0.25, 0.3) is 0 Å². The summed E-state index contributed by atoms with van der Waals surface area (Å²) in [6, 6.07) is 0.343. The second kappa shape index (κ2) is 5.30. The summed E-state index contributed by atoms with van der Waals surface area (Å²) < 4.78 is 2.74. The van der Waals surface area contributed by atoms with Crippen LogP contribution in [-0.2, 0) is 0 Å². The molecule has 4 nitrogen and oxygen atoms in total. The summed E-state index contributed by atoms with van der Waals surface area (Å²) in [5, 5.41) is 7.11. The van der Waals surface area contributed by atoms with E-state index in [4.69, 9.17) is 12.2 Å². The minimum absolute atomic E-state index is 0.343. The van der Waals surface area contributed by atoms with Crippen LogP contribution in [0.5, 0.6) is 0 Å². The second-order valence-corrected chi connectivity index (χ2v) is 4.45. The Hall–Kier alpha value is -0.840. The van der Waals surface area contributed by atoms with E-state index in [1.165, 1.54) is 12.8 Å². The topological polar surface area (TPSA) is 36.9 Å². The van der Waals surface area contributed by atoms with Crippen molar-refractivity contribution in [3.05, 3.63) is 4.77 Å². The van der Waals surface area contributed by atoms with Gasteiger partial charge < -0.3 is 4.90 Å². The average molecular weight is 228 g/mol. The number of hydrogen-bond acceptors (Lipinski definition) is 3. The first-order chi connectivity index (χ1) is 7.07. The molecule has 1 heterocycles. The van der Waals surface area contributed by atoms with Gasteiger partial charge in [-0.1, -0.05) is 13.3 Å². The Balaban J connectivity index is 2.88. The van der Waals surface area contributed by atoms with Gasteiger partial charge in [0.1, 0.15) is 0 Å². The lowest BCUT2D eigenvalue weighted by molar-refractivity contribution is 0.581. The Kier molecular flexibility index (Phi) is 4.32. The average Bonchev–Trinajstić information content (AvgIpc) is 2.56. The van der Waals surface area contributed by atoms with Crippen molar-refractivity contribution in [2.24, 2.45) is 0 Å². The molecule has 1 rings (SSSR count). The van der Waals surface area contributed by atoms with Gasteiger partial charge in [-0.15, -0.1) is 5.10 Å². The van der Waals surface area contributed by atoms with Crippen molar-refractivity contribution in [1.29, 1.82) is 0 Å². The van der Waals surface area contributed by atoms with Crippen molar-refractivity contribution in [1.82, 2.24) is 14.8 Å². The van der Waals surface area contributed by atoms with Crippen LogP contribution in [0.4, 0.5) is 5.95 Å². The third-order valence-electron chi connectivity index (χ3n) is 2.39. The molecule has 0 radical (unpaired) electrons. The van der Waals surface area contributed by atoms with Crippen molar-refractivity contribution >= 4 is 18.2 Å². The maximum atomic E-state index is 5.20. The molecule has 15 heavy (non-hydrogen) atoms. The summed E-state index contributed by atoms with van der Waals surface area (Å²) in [7, 11) is 2.06. The SMILES string of the molecule is CCCCN(C)c1n[nH]c(=S)n1C(C)C. The molecular weight excluding hydrogens is 208 g/mol. The molecule has 5 heteroatoms. The van der Waals surface area contributed by atoms with E-state index in [0.717, 1.165) is 12.5 Å². The highest BCUT2D eigenvalue weighted by molar-refractivity contribution is 7.71. The standard InChI is InChI=1S/C10H20N4S/c1-5-6-7-13(4)9-11-12-10(15)14(9)8(2)3/h8H,5-7H2,1-4H3,(H,12,15). The van der Waals surface area contributed by atoms with Crippen molar-refractivity contribution < 1.29 is 0 Å². The molecule has 0 saturated heterocycles. The Labute approximate surface area is 96.3 Å². The predicted octanol–water partition coefficient (Wildman–Crippen LogP) is 2.76. The van der Waals surface area contributed by atoms with Gasteiger partial charge in [-0.3, -0.25) is 4.57 Å². The van der Waals surface area contributed by atoms with Crippen LogP contribution in [0.3, 0.4) is 0 Å². The van der Waals surface area contributed by atoms with Crippen LogP contribution in [0, 0.1) is 4.77 Å². The third kappa shape index (κ3) is 2.81. The summed E-state index contributed by atoms with van der Waals surface area (Å²) in [5.41, 5.74) is 0. The largest absolute Gasteiger partial charge is 0.344 e. The zero-order valence-corrected chi connectivity index (χ0v) is 10.8. The highest BCUT2D eigenvalue weighted by atomic mass is 32.1. The Morgan fingerprint density at radius 2 is 2.20 bits per heavy atom. The number of rotatable bonds is 5. The van der Waals surface area contributed by atoms with E-state index in [0.29, 0.717) is 10.8 Å². The first-order valence-corrected chi connectivity index (χ1v) is 5.86. The third-order valence-corrected chi connectivity index (χ3v) is 2.68. The molecule has 0 aliphatic rings. The molecule has 0 saturated carbocycles. The highest BCUT2D eigenvalue weighted by Crippen LogP contribution is 2.16. The second-order valence-electron chi connectivity index (χ2n) is 4.07. The van der Waals surface area contributed by atoms with E-state index in [2.05, 4.69) is 42.9 Å². The number of H-pyrrole nitrogens is 1. The summed E-state index contributed by atoms with van der Waals surface area (Å²) in [6.45, 7) is 7.43. The van der Waals surface area contributed by atoms with Crippen LogP contribution in [0.15, 0.2) is 0 Å². The zero-order valence-electron chi connectivity index (χ0n) is 9.95. The number of nitrogens with one attached hydrogen (secondary N) is 1. The lowest BCUT2D eigenvalue weighted by atomic mass is 10.3. The molecule has 0 aliphatic heterocycles. The first-order valence-electron chi connectivity index (χ1n) is 5.46. The van der Waals surface area contributed by atoms with Crippen LogP contribution < -0.4 is 4.90 Å². The zero-order chi connectivity index (χ0) is 11.4. The van der Waals surface area contributed by atoms with Crippen molar-refractivity contribution in [2.75, 3.05) is 18.5 Å². The van der Waals surface area contributed by atoms with E-state index in [1.807, 2.05) is 4.57 Å². The minimum Gasteiger partial charge on any atom is -0.344 e. The van der Waals surface area contributed by atoms with Crippen LogP contribution in [-0.4, -0.2) is 28.4 Å². The highest BCUT2D eigenvalue weighted by Gasteiger charge is 2.12. The van der Waals surface area contributed by atoms with Crippen molar-refractivity contribution in [3.8, 4) is 0 Å². The molecule has 1 N–H and O–H groups in total. The summed E-state index contributed by atoms with van der Waals surface area (Å²) >= 11 is 5.20. The summed E-state index contributed by atoms with van der Waals surface area (Å²) in [4.78, 5) is 2.15. The molecule has 0 unspecified atom stereocenters. The van der Waals surface area contributed by atoms with E-state index >= 15 is 0 Å². The summed E-state index contributed by atoms with van der Waals surface area (Å²) in [6.07, 6.45) is 2.37. The van der Waals surface area contributed by atoms with Gasteiger partial charge in [0.25, 0.3) is 0 Å². The molecule has 0 aliphatic carbocycles. The summed E-state index contributed by atoms with van der Waals surface area (Å²) in [5.74, 6) is 0.934. The molecule has 0 amide bonds. The maximum Gasteiger partial charge on any atom is 0.225 e. The van der Waals surface area contributed by atoms with E-state index in [9.17, 15) is 0 Å². The molecule has 0 spiro atoms. The fourth-order valence-electron chi connectivity index (χ4n) is 1.53. The number of anilines is 1. The van der Waals surface area contributed by atoms with E-state index < -0.39 is 0 Å². The van der Waals surface area contributed by atoms with Crippen LogP contribution in [0.2, 0.25) is 0 Å². The predicted molar refractivity (Wildman–Crippen MR) is 66.0 cm³/mol. The molecule has 0 bridgehead atoms. The van der Waals surface area contributed by atoms with Gasteiger partial charge in [0.2, 0.25) is 5.95 Å². The number of hydrogen-bond donors (Lipinski definition) is 1. The fourth-order valence-corrected chi connectivity index (χ4v) is 1.86. The molecule has 0 aromatic carbocycles. The van der Waals surface area contributed by atoms with Crippen molar-refractivity contribution in [3.63, 3.8) is 0 Å². The molecule has 1 aromatic heterocycles. The van der Waals surface area contributed by atoms with Gasteiger partial charge in [0.05, 0.1) is 0 Å². The molecule has 1 aromatic rings. The normalized spacial score (nSPS) is 11.0. The number of unbranched alkanes of at least 4 members (excludes halogenated alkanes) is 1. The Morgan fingerprint density at radius 1 is 1.53 bits per heavy atom. The molecule has 0 atom stereocenters. The monoisotopic (exact) mass is 228 g/mol. The fraction of sp³-hybridized carbons (Fsp3) is 0.800. The lowest BCUT2D eigenvalue weighted by Gasteiger charge is -2.20. The molecule has 0 fully saturated rings. The smallest absolute Gasteiger partial charge is 0.225 e. The van der Waals surface area contributed by atoms with E-state index in [-0.39, 0.29) is 0 Å². The van der Waals surface area contributed by atoms with Crippen LogP contribution in [0.1, 0.15) is 39.7 Å². The van der Waals surface area contributed by atoms with Crippen molar-refractivity contribution in [2.45, 2.75) is 39.7 Å². The quantitative estimate of drug-likeness (QED) is 0.787. The van der Waals surface area contributed by atoms with Gasteiger partial charge in [0, 0.05) is 19.6 Å². The Morgan fingerprint density at radius 3 is 2.73 bits per heavy atom. The van der Waals surface area contributed by atoms with Gasteiger partial charge in [-0.2, -0.15) is 0 Å². The van der Waals surface area contributed by atoms with Gasteiger partial charge in [-0.25, -0.2) is 5.10 Å².